The number of hydrogen-bond donors (Lipinski definition) is 1. The quantitative estimate of drug-likeness (QED) is 0.687. The van der Waals surface area contributed by atoms with Gasteiger partial charge in [0.2, 0.25) is 0 Å². The van der Waals surface area contributed by atoms with Gasteiger partial charge in [-0.1, -0.05) is 27.7 Å². The lowest BCUT2D eigenvalue weighted by atomic mass is 10.00. The molecule has 2 nitrogen and oxygen atoms in total. The fourth-order valence-electron chi connectivity index (χ4n) is 3.22. The van der Waals surface area contributed by atoms with Crippen molar-refractivity contribution >= 4 is 0 Å². The minimum absolute atomic E-state index is 0.712. The molecule has 17 heavy (non-hydrogen) atoms. The fraction of sp³-hybridized carbons (Fsp3) is 1.00. The van der Waals surface area contributed by atoms with Gasteiger partial charge in [0, 0.05) is 24.7 Å². The molecule has 1 rings (SSSR count). The minimum Gasteiger partial charge on any atom is -0.315 e. The van der Waals surface area contributed by atoms with Crippen LogP contribution in [0.1, 0.15) is 60.3 Å². The van der Waals surface area contributed by atoms with Gasteiger partial charge in [-0.25, -0.2) is 0 Å². The Morgan fingerprint density at radius 1 is 1.24 bits per heavy atom. The van der Waals surface area contributed by atoms with Crippen molar-refractivity contribution in [3.05, 3.63) is 0 Å². The number of hydrogen-bond acceptors (Lipinski definition) is 2. The maximum absolute atomic E-state index is 3.62. The Morgan fingerprint density at radius 2 is 1.94 bits per heavy atom. The summed E-state index contributed by atoms with van der Waals surface area (Å²) in [6.45, 7) is 14.0. The number of likely N-dealkylation sites (tertiary alicyclic amines) is 1. The SMILES string of the molecule is CCCNCC(C(C)C)N1C(C)CCC1CC. The van der Waals surface area contributed by atoms with Crippen LogP contribution in [0.5, 0.6) is 0 Å². The van der Waals surface area contributed by atoms with Gasteiger partial charge in [-0.3, -0.25) is 4.90 Å². The third kappa shape index (κ3) is 3.96. The van der Waals surface area contributed by atoms with Gasteiger partial charge in [-0.05, 0) is 45.1 Å². The molecule has 0 saturated carbocycles. The molecule has 2 heteroatoms. The average Bonchev–Trinajstić information content (AvgIpc) is 2.65. The van der Waals surface area contributed by atoms with E-state index in [0.29, 0.717) is 6.04 Å². The van der Waals surface area contributed by atoms with Crippen LogP contribution in [0.15, 0.2) is 0 Å². The molecule has 0 bridgehead atoms. The van der Waals surface area contributed by atoms with Crippen LogP contribution >= 0.6 is 0 Å². The van der Waals surface area contributed by atoms with Crippen LogP contribution < -0.4 is 5.32 Å². The van der Waals surface area contributed by atoms with Gasteiger partial charge in [0.1, 0.15) is 0 Å². The molecule has 1 aliphatic rings. The highest BCUT2D eigenvalue weighted by atomic mass is 15.2. The lowest BCUT2D eigenvalue weighted by Crippen LogP contribution is -2.50. The Kier molecular flexibility index (Phi) is 6.50. The van der Waals surface area contributed by atoms with Crippen molar-refractivity contribution in [2.24, 2.45) is 5.92 Å². The molecule has 1 fully saturated rings. The van der Waals surface area contributed by atoms with E-state index < -0.39 is 0 Å². The first-order valence-electron chi connectivity index (χ1n) is 7.59. The highest BCUT2D eigenvalue weighted by Gasteiger charge is 2.35. The van der Waals surface area contributed by atoms with Crippen LogP contribution in [-0.2, 0) is 0 Å². The average molecular weight is 240 g/mol. The van der Waals surface area contributed by atoms with Crippen LogP contribution in [0, 0.1) is 5.92 Å². The Balaban J connectivity index is 2.60. The van der Waals surface area contributed by atoms with Crippen LogP contribution in [0.25, 0.3) is 0 Å². The van der Waals surface area contributed by atoms with Gasteiger partial charge in [-0.2, -0.15) is 0 Å². The number of nitrogens with one attached hydrogen (secondary N) is 1. The molecule has 0 aromatic rings. The molecule has 0 aliphatic carbocycles. The first kappa shape index (κ1) is 15.0. The van der Waals surface area contributed by atoms with Crippen molar-refractivity contribution in [3.8, 4) is 0 Å². The smallest absolute Gasteiger partial charge is 0.0249 e. The van der Waals surface area contributed by atoms with Gasteiger partial charge < -0.3 is 5.32 Å². The van der Waals surface area contributed by atoms with Crippen molar-refractivity contribution in [2.45, 2.75) is 78.4 Å². The van der Waals surface area contributed by atoms with E-state index in [2.05, 4.69) is 44.8 Å². The van der Waals surface area contributed by atoms with Crippen molar-refractivity contribution in [1.29, 1.82) is 0 Å². The standard InChI is InChI=1S/C15H32N2/c1-6-10-16-11-15(12(3)4)17-13(5)8-9-14(17)7-2/h12-16H,6-11H2,1-5H3. The topological polar surface area (TPSA) is 15.3 Å². The molecule has 0 spiro atoms. The lowest BCUT2D eigenvalue weighted by Gasteiger charge is -2.38. The third-order valence-corrected chi connectivity index (χ3v) is 4.25. The minimum atomic E-state index is 0.712. The van der Waals surface area contributed by atoms with Gasteiger partial charge >= 0.3 is 0 Å². The predicted molar refractivity (Wildman–Crippen MR) is 76.4 cm³/mol. The third-order valence-electron chi connectivity index (χ3n) is 4.25. The molecule has 0 radical (unpaired) electrons. The molecular weight excluding hydrogens is 208 g/mol. The van der Waals surface area contributed by atoms with E-state index in [0.717, 1.165) is 31.1 Å². The molecule has 0 aromatic heterocycles. The van der Waals surface area contributed by atoms with Crippen molar-refractivity contribution in [2.75, 3.05) is 13.1 Å². The second kappa shape index (κ2) is 7.38. The summed E-state index contributed by atoms with van der Waals surface area (Å²) in [6, 6.07) is 2.31. The fourth-order valence-corrected chi connectivity index (χ4v) is 3.22. The molecule has 102 valence electrons. The molecule has 3 unspecified atom stereocenters. The monoisotopic (exact) mass is 240 g/mol. The summed E-state index contributed by atoms with van der Waals surface area (Å²) in [5.74, 6) is 0.744. The normalized spacial score (nSPS) is 27.9. The number of nitrogens with zero attached hydrogens (tertiary/aromatic N) is 1. The van der Waals surface area contributed by atoms with Crippen molar-refractivity contribution in [1.82, 2.24) is 10.2 Å². The predicted octanol–water partition coefficient (Wildman–Crippen LogP) is 3.27. The van der Waals surface area contributed by atoms with E-state index in [1.165, 1.54) is 25.7 Å². The summed E-state index contributed by atoms with van der Waals surface area (Å²) in [6.07, 6.45) is 5.32. The zero-order chi connectivity index (χ0) is 12.8. The second-order valence-electron chi connectivity index (χ2n) is 5.95. The molecule has 3 atom stereocenters. The molecule has 0 aromatic carbocycles. The summed E-state index contributed by atoms with van der Waals surface area (Å²) in [5.41, 5.74) is 0. The van der Waals surface area contributed by atoms with E-state index in [4.69, 9.17) is 0 Å². The Labute approximate surface area is 108 Å². The molecule has 0 amide bonds. The van der Waals surface area contributed by atoms with Gasteiger partial charge in [0.05, 0.1) is 0 Å². The van der Waals surface area contributed by atoms with Gasteiger partial charge in [0.15, 0.2) is 0 Å². The Hall–Kier alpha value is -0.0800. The van der Waals surface area contributed by atoms with Gasteiger partial charge in [0.25, 0.3) is 0 Å². The van der Waals surface area contributed by atoms with Crippen molar-refractivity contribution in [3.63, 3.8) is 0 Å². The highest BCUT2D eigenvalue weighted by molar-refractivity contribution is 4.91. The van der Waals surface area contributed by atoms with Crippen LogP contribution in [0.3, 0.4) is 0 Å². The molecule has 1 aliphatic heterocycles. The molecule has 1 heterocycles. The summed E-state index contributed by atoms with van der Waals surface area (Å²) in [7, 11) is 0. The second-order valence-corrected chi connectivity index (χ2v) is 5.95. The van der Waals surface area contributed by atoms with E-state index in [-0.39, 0.29) is 0 Å². The Morgan fingerprint density at radius 3 is 2.47 bits per heavy atom. The van der Waals surface area contributed by atoms with E-state index in [1.54, 1.807) is 0 Å². The Bertz CT molecular complexity index is 203. The van der Waals surface area contributed by atoms with E-state index in [1.807, 2.05) is 0 Å². The summed E-state index contributed by atoms with van der Waals surface area (Å²) < 4.78 is 0. The maximum atomic E-state index is 3.62. The van der Waals surface area contributed by atoms with Crippen LogP contribution in [0.2, 0.25) is 0 Å². The zero-order valence-corrected chi connectivity index (χ0v) is 12.5. The van der Waals surface area contributed by atoms with Crippen LogP contribution in [-0.4, -0.2) is 36.1 Å². The number of rotatable bonds is 7. The van der Waals surface area contributed by atoms with E-state index >= 15 is 0 Å². The highest BCUT2D eigenvalue weighted by Crippen LogP contribution is 2.30. The molecule has 1 N–H and O–H groups in total. The van der Waals surface area contributed by atoms with Crippen LogP contribution in [0.4, 0.5) is 0 Å². The first-order valence-corrected chi connectivity index (χ1v) is 7.59. The summed E-state index contributed by atoms with van der Waals surface area (Å²) in [5, 5.41) is 3.62. The summed E-state index contributed by atoms with van der Waals surface area (Å²) in [4.78, 5) is 2.80. The molecule has 1 saturated heterocycles. The summed E-state index contributed by atoms with van der Waals surface area (Å²) >= 11 is 0. The lowest BCUT2D eigenvalue weighted by molar-refractivity contribution is 0.0989. The first-order chi connectivity index (χ1) is 8.11. The maximum Gasteiger partial charge on any atom is 0.0249 e. The van der Waals surface area contributed by atoms with Crippen molar-refractivity contribution < 1.29 is 0 Å². The van der Waals surface area contributed by atoms with E-state index in [9.17, 15) is 0 Å². The zero-order valence-electron chi connectivity index (χ0n) is 12.5. The largest absolute Gasteiger partial charge is 0.315 e. The molecular formula is C15H32N2. The van der Waals surface area contributed by atoms with Gasteiger partial charge in [-0.15, -0.1) is 0 Å².